The second-order valence-corrected chi connectivity index (χ2v) is 10.1. The summed E-state index contributed by atoms with van der Waals surface area (Å²) in [6.07, 6.45) is -3.29. The highest BCUT2D eigenvalue weighted by Gasteiger charge is 2.67. The van der Waals surface area contributed by atoms with Gasteiger partial charge >= 0.3 is 5.97 Å². The number of aliphatic hydroxyl groups is 4. The summed E-state index contributed by atoms with van der Waals surface area (Å²) in [7, 11) is 0. The van der Waals surface area contributed by atoms with Gasteiger partial charge in [-0.2, -0.15) is 0 Å². The number of fused-ring (bicyclic) bond motifs is 2. The average molecular weight is 578 g/mol. The number of hydrogen-bond donors (Lipinski definition) is 6. The van der Waals surface area contributed by atoms with E-state index in [0.29, 0.717) is 36.5 Å². The van der Waals surface area contributed by atoms with E-state index in [0.717, 1.165) is 16.9 Å². The van der Waals surface area contributed by atoms with Gasteiger partial charge in [-0.3, -0.25) is 4.79 Å². The van der Waals surface area contributed by atoms with E-state index in [1.165, 1.54) is 0 Å². The second-order valence-electron chi connectivity index (χ2n) is 9.72. The summed E-state index contributed by atoms with van der Waals surface area (Å²) in [5, 5.41) is 52.3. The molecule has 0 radical (unpaired) electrons. The number of carboxylic acid groups (broad SMARTS) is 1. The summed E-state index contributed by atoms with van der Waals surface area (Å²) in [5.41, 5.74) is 0.719. The van der Waals surface area contributed by atoms with E-state index in [1.807, 2.05) is 31.2 Å². The van der Waals surface area contributed by atoms with Gasteiger partial charge < -0.3 is 45.1 Å². The molecule has 0 spiro atoms. The van der Waals surface area contributed by atoms with E-state index < -0.39 is 48.3 Å². The lowest BCUT2D eigenvalue weighted by molar-refractivity contribution is -0.329. The molecule has 0 unspecified atom stereocenters. The van der Waals surface area contributed by atoms with Crippen molar-refractivity contribution < 1.29 is 49.3 Å². The summed E-state index contributed by atoms with van der Waals surface area (Å²) >= 11 is 6.41. The Kier molecular flexibility index (Phi) is 8.82. The fourth-order valence-electron chi connectivity index (χ4n) is 4.89. The Morgan fingerprint density at radius 2 is 1.95 bits per heavy atom. The third-order valence-corrected chi connectivity index (χ3v) is 7.47. The third kappa shape index (κ3) is 5.75. The molecule has 0 aliphatic carbocycles. The summed E-state index contributed by atoms with van der Waals surface area (Å²) in [4.78, 5) is 20.5. The molecule has 5 rings (SSSR count). The first-order valence-electron chi connectivity index (χ1n) is 12.6. The quantitative estimate of drug-likeness (QED) is 0.275. The lowest BCUT2D eigenvalue weighted by Crippen LogP contribution is -2.65. The van der Waals surface area contributed by atoms with E-state index in [1.54, 1.807) is 18.2 Å². The Bertz CT molecular complexity index is 1190. The maximum atomic E-state index is 10.7. The molecule has 3 fully saturated rings. The molecule has 212 valence electrons. The predicted octanol–water partition coefficient (Wildman–Crippen LogP) is 0.706. The van der Waals surface area contributed by atoms with Gasteiger partial charge in [-0.25, -0.2) is 4.79 Å². The van der Waals surface area contributed by atoms with Crippen molar-refractivity contribution in [2.24, 2.45) is 0 Å². The van der Waals surface area contributed by atoms with Gasteiger partial charge in [0.15, 0.2) is 0 Å². The van der Waals surface area contributed by atoms with Crippen LogP contribution in [0.2, 0.25) is 5.02 Å². The molecular formula is C27H32ClNO10. The normalized spacial score (nSPS) is 31.3. The number of carboxylic acids is 1. The highest BCUT2D eigenvalue weighted by Crippen LogP contribution is 2.49. The SMILES string of the molecule is CCO[14c]1[14cH][14cH][14c](Cc2cc([C@]34OC[C@](CO)(O3)[C@@H](O)[C@H](O)[C@H]4O)ccc2Cl)[14cH][14cH]1.O=C1CC[C@@H](C(=O)O)N1. The molecule has 6 N–H and O–H groups in total. The van der Waals surface area contributed by atoms with Crippen molar-refractivity contribution in [1.82, 2.24) is 5.32 Å². The van der Waals surface area contributed by atoms with E-state index in [-0.39, 0.29) is 12.5 Å². The van der Waals surface area contributed by atoms with Crippen molar-refractivity contribution in [3.05, 3.63) is 64.2 Å². The maximum absolute atomic E-state index is 10.7. The zero-order valence-electron chi connectivity index (χ0n) is 21.2. The highest BCUT2D eigenvalue weighted by atomic mass is 35.5. The number of carbonyl (C=O) groups is 2. The van der Waals surface area contributed by atoms with Crippen LogP contribution in [-0.4, -0.2) is 87.2 Å². The molecule has 2 aromatic rings. The number of nitrogens with one attached hydrogen (secondary N) is 1. The number of benzene rings is 2. The number of hydrogen-bond acceptors (Lipinski definition) is 9. The zero-order chi connectivity index (χ0) is 28.4. The summed E-state index contributed by atoms with van der Waals surface area (Å²) in [6.45, 7) is 1.78. The van der Waals surface area contributed by atoms with Crippen LogP contribution in [0, 0.1) is 0 Å². The molecule has 3 aliphatic heterocycles. The molecule has 0 saturated carbocycles. The summed E-state index contributed by atoms with van der Waals surface area (Å²) < 4.78 is 17.1. The van der Waals surface area contributed by atoms with Crippen LogP contribution in [0.5, 0.6) is 5.75 Å². The molecule has 39 heavy (non-hydrogen) atoms. The molecule has 3 saturated heterocycles. The molecule has 1 amide bonds. The average Bonchev–Trinajstić information content (AvgIpc) is 3.54. The number of aliphatic carboxylic acids is 1. The molecule has 3 aliphatic rings. The monoisotopic (exact) mass is 577 g/mol. The van der Waals surface area contributed by atoms with Gasteiger partial charge in [-0.1, -0.05) is 29.8 Å². The molecule has 2 bridgehead atoms. The summed E-state index contributed by atoms with van der Waals surface area (Å²) in [6, 6.07) is 12.1. The molecule has 11 nitrogen and oxygen atoms in total. The number of ether oxygens (including phenoxy) is 3. The van der Waals surface area contributed by atoms with Crippen LogP contribution in [0.3, 0.4) is 0 Å². The maximum Gasteiger partial charge on any atom is 0.326 e. The standard InChI is InChI=1S/C22H25ClO7.C5H7NO3/c1-2-28-16-6-3-13(4-7-16)9-14-10-15(5-8-17(14)23)22-20(27)18(25)19(26)21(11-24,30-22)12-29-22;7-4-2-1-3(6-4)5(8)9/h3-8,10,18-20,24-27H,2,9,11-12H2,1H3;3H,1-2H2,(H,6,7)(H,8,9)/t18-,19-,20+,21-,22-;3-/m00/s1/i3+2,4+2,6+2,7+2,13+2,16+2;. The third-order valence-electron chi connectivity index (χ3n) is 7.10. The lowest BCUT2D eigenvalue weighted by atomic mass is 9.84. The Morgan fingerprint density at radius 1 is 1.23 bits per heavy atom. The summed E-state index contributed by atoms with van der Waals surface area (Å²) in [5.74, 6) is -2.03. The van der Waals surface area contributed by atoms with Crippen molar-refractivity contribution in [3.63, 3.8) is 0 Å². The van der Waals surface area contributed by atoms with E-state index >= 15 is 0 Å². The van der Waals surface area contributed by atoms with Crippen LogP contribution in [0.1, 0.15) is 36.5 Å². The Morgan fingerprint density at radius 3 is 2.51 bits per heavy atom. The Balaban J connectivity index is 0.000000333. The zero-order valence-corrected chi connectivity index (χ0v) is 22.0. The van der Waals surface area contributed by atoms with E-state index in [4.69, 9.17) is 30.9 Å². The van der Waals surface area contributed by atoms with Crippen LogP contribution in [0.4, 0.5) is 0 Å². The van der Waals surface area contributed by atoms with Crippen molar-refractivity contribution >= 4 is 23.5 Å². The first kappa shape index (κ1) is 29.2. The van der Waals surface area contributed by atoms with Crippen LogP contribution in [0.25, 0.3) is 0 Å². The molecule has 0 aromatic heterocycles. The van der Waals surface area contributed by atoms with Gasteiger partial charge in [0.25, 0.3) is 0 Å². The van der Waals surface area contributed by atoms with Gasteiger partial charge in [0.2, 0.25) is 11.7 Å². The molecule has 12 heteroatoms. The van der Waals surface area contributed by atoms with Crippen LogP contribution in [0.15, 0.2) is 42.5 Å². The van der Waals surface area contributed by atoms with Gasteiger partial charge in [-0.15, -0.1) is 0 Å². The largest absolute Gasteiger partial charge is 0.494 e. The second kappa shape index (κ2) is 11.8. The fraction of sp³-hybridized carbons (Fsp3) is 0.481. The van der Waals surface area contributed by atoms with E-state index in [2.05, 4.69) is 5.32 Å². The van der Waals surface area contributed by atoms with Crippen LogP contribution >= 0.6 is 11.6 Å². The molecule has 3 heterocycles. The Labute approximate surface area is 229 Å². The van der Waals surface area contributed by atoms with Crippen LogP contribution in [-0.2, 0) is 31.3 Å². The molecule has 2 aromatic carbocycles. The smallest absolute Gasteiger partial charge is 0.326 e. The van der Waals surface area contributed by atoms with Crippen LogP contribution < -0.4 is 10.1 Å². The first-order valence-corrected chi connectivity index (χ1v) is 12.9. The molecular weight excluding hydrogens is 546 g/mol. The fourth-order valence-corrected chi connectivity index (χ4v) is 5.08. The molecule has 6 atom stereocenters. The van der Waals surface area contributed by atoms with Gasteiger partial charge in [0, 0.05) is 17.0 Å². The van der Waals surface area contributed by atoms with Crippen molar-refractivity contribution in [2.45, 2.75) is 61.9 Å². The van der Waals surface area contributed by atoms with E-state index in [9.17, 15) is 30.0 Å². The lowest BCUT2D eigenvalue weighted by Gasteiger charge is -2.46. The number of rotatable bonds is 7. The minimum Gasteiger partial charge on any atom is -0.494 e. The number of amides is 1. The highest BCUT2D eigenvalue weighted by molar-refractivity contribution is 6.31. The van der Waals surface area contributed by atoms with Gasteiger partial charge in [0.05, 0.1) is 19.8 Å². The van der Waals surface area contributed by atoms with Gasteiger partial charge in [0.1, 0.15) is 35.7 Å². The predicted molar refractivity (Wildman–Crippen MR) is 137 cm³/mol. The minimum absolute atomic E-state index is 0.164. The van der Waals surface area contributed by atoms with Crippen molar-refractivity contribution in [3.8, 4) is 5.75 Å². The minimum atomic E-state index is -1.71. The van der Waals surface area contributed by atoms with Crippen molar-refractivity contribution in [1.29, 1.82) is 0 Å². The Hall–Kier alpha value is -2.77. The number of halogens is 1. The van der Waals surface area contributed by atoms with Gasteiger partial charge in [-0.05, 0) is 55.2 Å². The van der Waals surface area contributed by atoms with Crippen molar-refractivity contribution in [2.75, 3.05) is 19.8 Å². The number of carbonyl (C=O) groups excluding carboxylic acids is 1. The first-order chi connectivity index (χ1) is 18.5. The topological polar surface area (TPSA) is 175 Å². The number of aliphatic hydroxyl groups excluding tert-OH is 4.